The number of fused-ring (bicyclic) bond motifs is 1. The molecule has 4 aliphatic rings. The molecular formula is C48H65N7O4. The van der Waals surface area contributed by atoms with Crippen molar-refractivity contribution in [2.24, 2.45) is 23.2 Å². The third kappa shape index (κ3) is 11.1. The van der Waals surface area contributed by atoms with E-state index in [4.69, 9.17) is 0 Å². The molecule has 316 valence electrons. The maximum absolute atomic E-state index is 13.3. The van der Waals surface area contributed by atoms with E-state index in [9.17, 15) is 19.2 Å². The summed E-state index contributed by atoms with van der Waals surface area (Å²) in [6, 6.07) is 15.8. The van der Waals surface area contributed by atoms with Crippen LogP contribution in [0.1, 0.15) is 132 Å². The summed E-state index contributed by atoms with van der Waals surface area (Å²) in [7, 11) is 0. The van der Waals surface area contributed by atoms with Gasteiger partial charge in [-0.15, -0.1) is 0 Å². The van der Waals surface area contributed by atoms with Gasteiger partial charge in [0.05, 0.1) is 22.5 Å². The van der Waals surface area contributed by atoms with E-state index in [1.807, 2.05) is 69.3 Å². The van der Waals surface area contributed by atoms with Crippen molar-refractivity contribution >= 4 is 34.3 Å². The van der Waals surface area contributed by atoms with Gasteiger partial charge in [0.1, 0.15) is 0 Å². The lowest BCUT2D eigenvalue weighted by molar-refractivity contribution is -0.123. The fraction of sp³-hybridized carbons (Fsp3) is 0.583. The highest BCUT2D eigenvalue weighted by atomic mass is 16.2. The van der Waals surface area contributed by atoms with Crippen LogP contribution in [0.3, 0.4) is 0 Å². The Balaban J connectivity index is 0.708. The predicted molar refractivity (Wildman–Crippen MR) is 234 cm³/mol. The van der Waals surface area contributed by atoms with Crippen molar-refractivity contribution in [2.45, 2.75) is 143 Å². The zero-order valence-corrected chi connectivity index (χ0v) is 35.6. The number of nitrogens with one attached hydrogen (secondary N) is 3. The summed E-state index contributed by atoms with van der Waals surface area (Å²) >= 11 is 0. The molecule has 4 bridgehead atoms. The largest absolute Gasteiger partial charge is 0.356 e. The zero-order valence-electron chi connectivity index (χ0n) is 35.6. The van der Waals surface area contributed by atoms with Gasteiger partial charge in [0.25, 0.3) is 5.56 Å². The molecule has 8 rings (SSSR count). The minimum atomic E-state index is -0.253. The normalized spacial score (nSPS) is 20.6. The number of carbonyl (C=O) groups excluding carboxylic acids is 3. The van der Waals surface area contributed by atoms with Crippen LogP contribution in [0.2, 0.25) is 0 Å². The maximum Gasteiger partial charge on any atom is 0.295 e. The van der Waals surface area contributed by atoms with Crippen LogP contribution in [0.5, 0.6) is 0 Å². The lowest BCUT2D eigenvalue weighted by Gasteiger charge is -2.56. The summed E-state index contributed by atoms with van der Waals surface area (Å²) in [5, 5.41) is 19.3. The number of hydrogen-bond donors (Lipinski definition) is 3. The Kier molecular flexibility index (Phi) is 14.0. The number of amides is 3. The number of unbranched alkanes of at least 4 members (excludes halogenated alkanes) is 6. The van der Waals surface area contributed by atoms with Crippen molar-refractivity contribution in [2.75, 3.05) is 18.4 Å². The summed E-state index contributed by atoms with van der Waals surface area (Å²) < 4.78 is 3.21. The second-order valence-corrected chi connectivity index (χ2v) is 18.3. The van der Waals surface area contributed by atoms with Gasteiger partial charge < -0.3 is 16.0 Å². The first-order valence-electron chi connectivity index (χ1n) is 22.5. The standard InChI is InChI=1S/C48H65N7O4/c1-33-15-21-41(22-16-33)55-35(3)45-34(2)52-54(47(59)46(45)53-55)25-11-14-42(56)49-24-23-36-17-19-40(20-18-36)51-44(58)13-10-8-6-4-5-7-9-12-43(57)50-32-48-29-37-26-38(30-48)28-39(27-37)31-48/h15-22,37-39H,4-14,23-32H2,1-3H3,(H,49,56)(H,50,57)(H,51,58). The second-order valence-electron chi connectivity index (χ2n) is 18.3. The summed E-state index contributed by atoms with van der Waals surface area (Å²) in [6.07, 6.45) is 18.3. The van der Waals surface area contributed by atoms with Gasteiger partial charge in [-0.05, 0) is 138 Å². The molecule has 4 aliphatic carbocycles. The third-order valence-electron chi connectivity index (χ3n) is 13.3. The molecule has 2 heterocycles. The minimum absolute atomic E-state index is 0.0316. The van der Waals surface area contributed by atoms with E-state index in [1.54, 1.807) is 4.68 Å². The molecular weight excluding hydrogens is 739 g/mol. The molecule has 2 aromatic heterocycles. The molecule has 59 heavy (non-hydrogen) atoms. The first-order chi connectivity index (χ1) is 28.5. The van der Waals surface area contributed by atoms with E-state index in [2.05, 4.69) is 26.1 Å². The highest BCUT2D eigenvalue weighted by Crippen LogP contribution is 2.59. The SMILES string of the molecule is Cc1ccc(-n2nc3c(=O)n(CCCC(=O)NCCc4ccc(NC(=O)CCCCCCCCCC(=O)NCC56CC7CC(CC(C7)C5)C6)cc4)nc(C)c3c2C)cc1. The summed E-state index contributed by atoms with van der Waals surface area (Å²) in [5.74, 6) is 2.98. The van der Waals surface area contributed by atoms with Crippen LogP contribution in [-0.4, -0.2) is 50.4 Å². The zero-order chi connectivity index (χ0) is 41.4. The van der Waals surface area contributed by atoms with Crippen molar-refractivity contribution < 1.29 is 14.4 Å². The monoisotopic (exact) mass is 804 g/mol. The highest BCUT2D eigenvalue weighted by molar-refractivity contribution is 5.90. The number of anilines is 1. The van der Waals surface area contributed by atoms with Gasteiger partial charge >= 0.3 is 0 Å². The molecule has 3 N–H and O–H groups in total. The lowest BCUT2D eigenvalue weighted by atomic mass is 9.49. The molecule has 0 unspecified atom stereocenters. The first-order valence-corrected chi connectivity index (χ1v) is 22.5. The van der Waals surface area contributed by atoms with Crippen LogP contribution in [0.15, 0.2) is 53.3 Å². The van der Waals surface area contributed by atoms with E-state index < -0.39 is 0 Å². The molecule has 0 saturated heterocycles. The molecule has 0 spiro atoms. The van der Waals surface area contributed by atoms with E-state index in [-0.39, 0.29) is 29.7 Å². The molecule has 0 aliphatic heterocycles. The van der Waals surface area contributed by atoms with Gasteiger partial charge in [-0.2, -0.15) is 10.2 Å². The smallest absolute Gasteiger partial charge is 0.295 e. The molecule has 4 aromatic rings. The minimum Gasteiger partial charge on any atom is -0.356 e. The van der Waals surface area contributed by atoms with Crippen LogP contribution in [0, 0.1) is 43.9 Å². The van der Waals surface area contributed by atoms with Gasteiger partial charge in [0.2, 0.25) is 17.7 Å². The van der Waals surface area contributed by atoms with Gasteiger partial charge in [-0.1, -0.05) is 61.9 Å². The van der Waals surface area contributed by atoms with Crippen LogP contribution in [0.4, 0.5) is 5.69 Å². The quantitative estimate of drug-likeness (QED) is 0.0723. The van der Waals surface area contributed by atoms with Crippen LogP contribution in [0.25, 0.3) is 16.6 Å². The van der Waals surface area contributed by atoms with Gasteiger partial charge in [0, 0.05) is 44.6 Å². The highest BCUT2D eigenvalue weighted by Gasteiger charge is 2.50. The summed E-state index contributed by atoms with van der Waals surface area (Å²) in [4.78, 5) is 51.0. The van der Waals surface area contributed by atoms with Gasteiger partial charge in [-0.3, -0.25) is 19.2 Å². The van der Waals surface area contributed by atoms with Crippen LogP contribution >= 0.6 is 0 Å². The summed E-state index contributed by atoms with van der Waals surface area (Å²) in [5.41, 5.74) is 6.04. The number of aromatic nitrogens is 4. The van der Waals surface area contributed by atoms with E-state index in [0.717, 1.165) is 109 Å². The Morgan fingerprint density at radius 1 is 0.695 bits per heavy atom. The molecule has 11 nitrogen and oxygen atoms in total. The molecule has 2 aromatic carbocycles. The molecule has 0 radical (unpaired) electrons. The molecule has 0 atom stereocenters. The molecule has 11 heteroatoms. The third-order valence-corrected chi connectivity index (χ3v) is 13.3. The Morgan fingerprint density at radius 3 is 1.92 bits per heavy atom. The van der Waals surface area contributed by atoms with E-state index in [0.29, 0.717) is 49.7 Å². The molecule has 3 amide bonds. The number of hydrogen-bond acceptors (Lipinski definition) is 6. The Hall–Kier alpha value is -4.80. The summed E-state index contributed by atoms with van der Waals surface area (Å²) in [6.45, 7) is 7.60. The second kappa shape index (κ2) is 19.5. The van der Waals surface area contributed by atoms with Gasteiger partial charge in [-0.25, -0.2) is 9.36 Å². The average Bonchev–Trinajstić information content (AvgIpc) is 3.56. The van der Waals surface area contributed by atoms with Crippen molar-refractivity contribution in [3.63, 3.8) is 0 Å². The Morgan fingerprint density at radius 2 is 1.27 bits per heavy atom. The molecule has 4 saturated carbocycles. The van der Waals surface area contributed by atoms with E-state index >= 15 is 0 Å². The van der Waals surface area contributed by atoms with Crippen molar-refractivity contribution in [1.82, 2.24) is 30.2 Å². The Labute approximate surface area is 349 Å². The van der Waals surface area contributed by atoms with Crippen molar-refractivity contribution in [1.29, 1.82) is 0 Å². The van der Waals surface area contributed by atoms with Crippen LogP contribution in [-0.2, 0) is 27.3 Å². The van der Waals surface area contributed by atoms with Crippen molar-refractivity contribution in [3.8, 4) is 5.69 Å². The molecule has 4 fully saturated rings. The Bertz CT molecular complexity index is 2100. The predicted octanol–water partition coefficient (Wildman–Crippen LogP) is 8.43. The number of nitrogens with zero attached hydrogens (tertiary/aromatic N) is 4. The number of aryl methyl sites for hydroxylation is 4. The first kappa shape index (κ1) is 42.3. The number of carbonyl (C=O) groups is 3. The number of benzene rings is 2. The lowest BCUT2D eigenvalue weighted by Crippen LogP contribution is -2.51. The topological polar surface area (TPSA) is 140 Å². The number of rotatable bonds is 21. The van der Waals surface area contributed by atoms with Gasteiger partial charge in [0.15, 0.2) is 5.52 Å². The maximum atomic E-state index is 13.3. The fourth-order valence-corrected chi connectivity index (χ4v) is 10.7. The van der Waals surface area contributed by atoms with E-state index in [1.165, 1.54) is 43.2 Å². The average molecular weight is 804 g/mol. The van der Waals surface area contributed by atoms with Crippen molar-refractivity contribution in [3.05, 3.63) is 81.4 Å². The fourth-order valence-electron chi connectivity index (χ4n) is 10.7. The van der Waals surface area contributed by atoms with Crippen LogP contribution < -0.4 is 21.5 Å².